The zero-order chi connectivity index (χ0) is 32.3. The minimum Gasteiger partial charge on any atom is -0.454 e. The Hall–Kier alpha value is -5.56. The van der Waals surface area contributed by atoms with E-state index in [0.717, 1.165) is 40.2 Å². The molecule has 230 valence electrons. The van der Waals surface area contributed by atoms with Crippen LogP contribution in [0.4, 0.5) is 37.3 Å². The van der Waals surface area contributed by atoms with E-state index in [9.17, 15) is 0 Å². The van der Waals surface area contributed by atoms with Crippen LogP contribution in [0.25, 0.3) is 11.3 Å². The molecule has 0 fully saturated rings. The predicted octanol–water partition coefficient (Wildman–Crippen LogP) is 10.7. The molecule has 0 amide bonds. The van der Waals surface area contributed by atoms with Crippen molar-refractivity contribution >= 4 is 28.6 Å². The molecule has 7 heteroatoms. The van der Waals surface area contributed by atoms with E-state index in [0.29, 0.717) is 11.4 Å². The number of anilines is 5. The number of rotatable bonds is 8. The quantitative estimate of drug-likeness (QED) is 0.171. The Morgan fingerprint density at radius 1 is 0.609 bits per heavy atom. The minimum atomic E-state index is -0.818. The van der Waals surface area contributed by atoms with Crippen LogP contribution in [0.5, 0.6) is 11.5 Å². The van der Waals surface area contributed by atoms with E-state index in [1.807, 2.05) is 121 Å². The van der Waals surface area contributed by atoms with E-state index in [1.165, 1.54) is 6.07 Å². The summed E-state index contributed by atoms with van der Waals surface area (Å²) < 4.78 is 36.9. The average molecular weight is 613 g/mol. The third kappa shape index (κ3) is 6.59. The lowest BCUT2D eigenvalue weighted by atomic mass is 9.87. The summed E-state index contributed by atoms with van der Waals surface area (Å²) in [6.45, 7) is 6.22. The second kappa shape index (κ2) is 12.8. The Kier molecular flexibility index (Phi) is 8.49. The Balaban J connectivity index is 1.48. The third-order valence-electron chi connectivity index (χ3n) is 7.69. The fourth-order valence-corrected chi connectivity index (χ4v) is 5.21. The fraction of sp³-hybridized carbons (Fsp3) is 0.128. The van der Waals surface area contributed by atoms with Crippen LogP contribution in [0.3, 0.4) is 0 Å². The van der Waals surface area contributed by atoms with Crippen molar-refractivity contribution in [2.24, 2.45) is 0 Å². The standard InChI is InChI=1S/C39H34F2N4O/c1-39(2,3)27-18-20-42-36(21-27)33-25-37(35(41)26-34(33)40)46-32-23-30(44(4)38-17-11-12-19-43-38)22-31(24-32)45(28-13-7-5-8-14-28)29-15-9-6-10-16-29/h5-26H,1-4H3. The molecule has 0 aliphatic heterocycles. The minimum absolute atomic E-state index is 0.117. The van der Waals surface area contributed by atoms with Gasteiger partial charge in [0.1, 0.15) is 17.4 Å². The van der Waals surface area contributed by atoms with Crippen LogP contribution in [-0.2, 0) is 5.41 Å². The molecule has 0 radical (unpaired) electrons. The van der Waals surface area contributed by atoms with Gasteiger partial charge in [0.25, 0.3) is 0 Å². The molecule has 0 saturated carbocycles. The monoisotopic (exact) mass is 612 g/mol. The van der Waals surface area contributed by atoms with Gasteiger partial charge < -0.3 is 14.5 Å². The van der Waals surface area contributed by atoms with Crippen LogP contribution in [-0.4, -0.2) is 17.0 Å². The molecule has 0 unspecified atom stereocenters. The number of pyridine rings is 2. The first-order valence-corrected chi connectivity index (χ1v) is 15.0. The number of halogens is 2. The summed E-state index contributed by atoms with van der Waals surface area (Å²) >= 11 is 0. The molecule has 2 aromatic heterocycles. The highest BCUT2D eigenvalue weighted by Gasteiger charge is 2.21. The molecule has 0 saturated heterocycles. The van der Waals surface area contributed by atoms with E-state index in [1.54, 1.807) is 12.4 Å². The Morgan fingerprint density at radius 3 is 1.89 bits per heavy atom. The Morgan fingerprint density at radius 2 is 1.26 bits per heavy atom. The molecular formula is C39H34F2N4O. The highest BCUT2D eigenvalue weighted by atomic mass is 19.1. The molecule has 46 heavy (non-hydrogen) atoms. The lowest BCUT2D eigenvalue weighted by Gasteiger charge is -2.28. The highest BCUT2D eigenvalue weighted by Crippen LogP contribution is 2.41. The summed E-state index contributed by atoms with van der Waals surface area (Å²) in [6.07, 6.45) is 3.37. The van der Waals surface area contributed by atoms with Crippen LogP contribution < -0.4 is 14.5 Å². The summed E-state index contributed by atoms with van der Waals surface area (Å²) in [5.74, 6) is -0.571. The van der Waals surface area contributed by atoms with Crippen LogP contribution in [0.15, 0.2) is 134 Å². The summed E-state index contributed by atoms with van der Waals surface area (Å²) in [6, 6.07) is 37.2. The maximum absolute atomic E-state index is 15.4. The van der Waals surface area contributed by atoms with E-state index >= 15 is 8.78 Å². The fourth-order valence-electron chi connectivity index (χ4n) is 5.21. The van der Waals surface area contributed by atoms with Crippen molar-refractivity contribution in [3.63, 3.8) is 0 Å². The van der Waals surface area contributed by atoms with Crippen molar-refractivity contribution < 1.29 is 13.5 Å². The molecule has 0 bridgehead atoms. The number of aromatic nitrogens is 2. The number of hydrogen-bond acceptors (Lipinski definition) is 5. The first kappa shape index (κ1) is 30.5. The van der Waals surface area contributed by atoms with E-state index in [2.05, 4.69) is 35.6 Å². The first-order chi connectivity index (χ1) is 22.2. The average Bonchev–Trinajstić information content (AvgIpc) is 3.07. The molecule has 5 nitrogen and oxygen atoms in total. The summed E-state index contributed by atoms with van der Waals surface area (Å²) in [4.78, 5) is 12.9. The summed E-state index contributed by atoms with van der Waals surface area (Å²) in [5, 5.41) is 0. The Bertz CT molecular complexity index is 1910. The lowest BCUT2D eigenvalue weighted by Crippen LogP contribution is -2.14. The first-order valence-electron chi connectivity index (χ1n) is 15.0. The van der Waals surface area contributed by atoms with Gasteiger partial charge in [0, 0.05) is 60.3 Å². The normalized spacial score (nSPS) is 11.3. The molecular weight excluding hydrogens is 578 g/mol. The molecule has 4 aromatic carbocycles. The SMILES string of the molecule is CN(c1cc(Oc2cc(-c3cc(C(C)(C)C)ccn3)c(F)cc2F)cc(N(c2ccccc2)c2ccccc2)c1)c1ccccn1. The van der Waals surface area contributed by atoms with Crippen LogP contribution in [0.2, 0.25) is 0 Å². The van der Waals surface area contributed by atoms with Crippen molar-refractivity contribution in [1.82, 2.24) is 9.97 Å². The second-order valence-corrected chi connectivity index (χ2v) is 12.0. The zero-order valence-electron chi connectivity index (χ0n) is 26.2. The van der Waals surface area contributed by atoms with Gasteiger partial charge in [0.05, 0.1) is 11.4 Å². The number of para-hydroxylation sites is 2. The number of nitrogens with zero attached hydrogens (tertiary/aromatic N) is 4. The van der Waals surface area contributed by atoms with Gasteiger partial charge in [-0.05, 0) is 71.6 Å². The van der Waals surface area contributed by atoms with Crippen LogP contribution >= 0.6 is 0 Å². The van der Waals surface area contributed by atoms with Gasteiger partial charge in [-0.15, -0.1) is 0 Å². The topological polar surface area (TPSA) is 41.5 Å². The zero-order valence-corrected chi connectivity index (χ0v) is 26.2. The molecule has 0 aliphatic rings. The third-order valence-corrected chi connectivity index (χ3v) is 7.69. The maximum atomic E-state index is 15.4. The smallest absolute Gasteiger partial charge is 0.168 e. The van der Waals surface area contributed by atoms with Crippen molar-refractivity contribution in [1.29, 1.82) is 0 Å². The predicted molar refractivity (Wildman–Crippen MR) is 182 cm³/mol. The highest BCUT2D eigenvalue weighted by molar-refractivity contribution is 5.80. The molecule has 0 N–H and O–H groups in total. The van der Waals surface area contributed by atoms with Gasteiger partial charge in [0.2, 0.25) is 0 Å². The van der Waals surface area contributed by atoms with Crippen LogP contribution in [0.1, 0.15) is 26.3 Å². The summed E-state index contributed by atoms with van der Waals surface area (Å²) in [5.41, 5.74) is 4.75. The van der Waals surface area contributed by atoms with Gasteiger partial charge in [-0.2, -0.15) is 0 Å². The van der Waals surface area contributed by atoms with Crippen LogP contribution in [0, 0.1) is 11.6 Å². The van der Waals surface area contributed by atoms with Crippen molar-refractivity contribution in [3.8, 4) is 22.8 Å². The second-order valence-electron chi connectivity index (χ2n) is 12.0. The van der Waals surface area contributed by atoms with E-state index < -0.39 is 11.6 Å². The molecule has 2 heterocycles. The molecule has 6 aromatic rings. The van der Waals surface area contributed by atoms with Gasteiger partial charge in [-0.3, -0.25) is 4.98 Å². The number of benzene rings is 4. The lowest BCUT2D eigenvalue weighted by molar-refractivity contribution is 0.438. The van der Waals surface area contributed by atoms with Gasteiger partial charge in [-0.1, -0.05) is 63.2 Å². The number of hydrogen-bond donors (Lipinski definition) is 0. The summed E-state index contributed by atoms with van der Waals surface area (Å²) in [7, 11) is 1.91. The molecule has 6 rings (SSSR count). The van der Waals surface area contributed by atoms with E-state index in [-0.39, 0.29) is 16.7 Å². The van der Waals surface area contributed by atoms with Crippen molar-refractivity contribution in [2.75, 3.05) is 16.8 Å². The Labute approximate surface area is 268 Å². The van der Waals surface area contributed by atoms with Gasteiger partial charge in [0.15, 0.2) is 11.6 Å². The molecule has 0 spiro atoms. The van der Waals surface area contributed by atoms with Crippen molar-refractivity contribution in [2.45, 2.75) is 26.2 Å². The maximum Gasteiger partial charge on any atom is 0.168 e. The largest absolute Gasteiger partial charge is 0.454 e. The van der Waals surface area contributed by atoms with Gasteiger partial charge >= 0.3 is 0 Å². The van der Waals surface area contributed by atoms with Crippen molar-refractivity contribution in [3.05, 3.63) is 151 Å². The molecule has 0 aliphatic carbocycles. The number of ether oxygens (including phenoxy) is 1. The molecule has 0 atom stereocenters. The van der Waals surface area contributed by atoms with Gasteiger partial charge in [-0.25, -0.2) is 13.8 Å². The van der Waals surface area contributed by atoms with E-state index in [4.69, 9.17) is 4.74 Å².